The van der Waals surface area contributed by atoms with E-state index in [9.17, 15) is 29.4 Å². The number of fused-ring (bicyclic) bond motifs is 6. The van der Waals surface area contributed by atoms with E-state index >= 15 is 0 Å². The van der Waals surface area contributed by atoms with Gasteiger partial charge in [0.05, 0.1) is 24.7 Å². The molecule has 0 bridgehead atoms. The van der Waals surface area contributed by atoms with Crippen LogP contribution in [0, 0.1) is 0 Å². The minimum absolute atomic E-state index is 0.0109. The van der Waals surface area contributed by atoms with E-state index in [1.807, 2.05) is 6.92 Å². The van der Waals surface area contributed by atoms with Crippen LogP contribution in [0.2, 0.25) is 0 Å². The second-order valence-electron chi connectivity index (χ2n) is 10.1. The maximum atomic E-state index is 13.9. The van der Waals surface area contributed by atoms with Crippen molar-refractivity contribution in [1.29, 1.82) is 0 Å². The van der Waals surface area contributed by atoms with Gasteiger partial charge in [-0.05, 0) is 37.0 Å². The summed E-state index contributed by atoms with van der Waals surface area (Å²) in [6.07, 6.45) is 0.913. The van der Waals surface area contributed by atoms with Crippen LogP contribution in [0.25, 0.3) is 16.5 Å². The molecule has 38 heavy (non-hydrogen) atoms. The molecule has 7 rings (SSSR count). The Kier molecular flexibility index (Phi) is 4.38. The van der Waals surface area contributed by atoms with Gasteiger partial charge in [0.25, 0.3) is 5.91 Å². The molecule has 4 aliphatic rings. The second-order valence-corrected chi connectivity index (χ2v) is 10.1. The Morgan fingerprint density at radius 2 is 1.76 bits per heavy atom. The molecule has 10 heteroatoms. The summed E-state index contributed by atoms with van der Waals surface area (Å²) in [5.41, 5.74) is -0.643. The molecule has 1 atom stereocenters. The minimum Gasteiger partial charge on any atom is -0.506 e. The predicted octanol–water partition coefficient (Wildman–Crippen LogP) is 2.74. The molecule has 10 nitrogen and oxygen atoms in total. The van der Waals surface area contributed by atoms with Crippen LogP contribution in [0.1, 0.15) is 61.3 Å². The molecule has 2 aliphatic carbocycles. The van der Waals surface area contributed by atoms with E-state index in [0.717, 1.165) is 6.07 Å². The number of amides is 1. The summed E-state index contributed by atoms with van der Waals surface area (Å²) in [6.45, 7) is 2.58. The highest BCUT2D eigenvalue weighted by Gasteiger charge is 2.49. The van der Waals surface area contributed by atoms with Crippen molar-refractivity contribution in [3.05, 3.63) is 67.6 Å². The smallest absolute Gasteiger partial charge is 0.260 e. The van der Waals surface area contributed by atoms with Gasteiger partial charge in [0, 0.05) is 35.7 Å². The van der Waals surface area contributed by atoms with Crippen LogP contribution in [0.3, 0.4) is 0 Å². The van der Waals surface area contributed by atoms with Crippen molar-refractivity contribution in [3.63, 3.8) is 0 Å². The van der Waals surface area contributed by atoms with Crippen LogP contribution in [-0.2, 0) is 17.6 Å². The number of phenolic OH excluding ortho intramolecular Hbond substituents is 2. The average molecular weight is 515 g/mol. The van der Waals surface area contributed by atoms with Crippen molar-refractivity contribution in [2.45, 2.75) is 31.9 Å². The third-order valence-electron chi connectivity index (χ3n) is 8.06. The number of Topliss-reactive ketones (excluding diaryl/α,β-unsaturated/α-hetero) is 2. The van der Waals surface area contributed by atoms with Gasteiger partial charge < -0.3 is 29.0 Å². The highest BCUT2D eigenvalue weighted by atomic mass is 16.5. The maximum Gasteiger partial charge on any atom is 0.260 e. The van der Waals surface area contributed by atoms with E-state index in [1.165, 1.54) is 13.2 Å². The number of allylic oxidation sites excluding steroid dienone is 2. The Morgan fingerprint density at radius 1 is 0.974 bits per heavy atom. The second kappa shape index (κ2) is 7.32. The molecule has 0 saturated carbocycles. The van der Waals surface area contributed by atoms with Crippen molar-refractivity contribution in [2.75, 3.05) is 20.3 Å². The van der Waals surface area contributed by atoms with E-state index in [2.05, 4.69) is 0 Å². The van der Waals surface area contributed by atoms with Gasteiger partial charge in [0.2, 0.25) is 17.0 Å². The van der Waals surface area contributed by atoms with Crippen molar-refractivity contribution < 1.29 is 38.5 Å². The van der Waals surface area contributed by atoms with Crippen molar-refractivity contribution in [1.82, 2.24) is 4.90 Å². The van der Waals surface area contributed by atoms with Gasteiger partial charge in [0.15, 0.2) is 17.3 Å². The van der Waals surface area contributed by atoms with Gasteiger partial charge in [-0.3, -0.25) is 19.2 Å². The molecule has 1 aromatic heterocycles. The molecule has 1 unspecified atom stereocenters. The lowest BCUT2D eigenvalue weighted by Crippen LogP contribution is -2.51. The Morgan fingerprint density at radius 3 is 2.53 bits per heavy atom. The summed E-state index contributed by atoms with van der Waals surface area (Å²) in [5, 5.41) is 21.5. The highest BCUT2D eigenvalue weighted by molar-refractivity contribution is 6.41. The fraction of sp³-hybridized carbons (Fsp3) is 0.286. The number of benzene rings is 2. The van der Waals surface area contributed by atoms with Gasteiger partial charge in [-0.25, -0.2) is 0 Å². The first kappa shape index (κ1) is 22.7. The van der Waals surface area contributed by atoms with Crippen molar-refractivity contribution >= 4 is 34.0 Å². The lowest BCUT2D eigenvalue weighted by Gasteiger charge is -2.39. The van der Waals surface area contributed by atoms with Gasteiger partial charge in [0.1, 0.15) is 22.6 Å². The molecule has 192 valence electrons. The summed E-state index contributed by atoms with van der Waals surface area (Å²) in [5.74, 6) is -2.86. The number of carbonyl (C=O) groups is 3. The molecular formula is C28H21NO9. The number of methoxy groups -OCH3 is 1. The molecule has 3 aromatic rings. The lowest BCUT2D eigenvalue weighted by molar-refractivity contribution is -0.0569. The summed E-state index contributed by atoms with van der Waals surface area (Å²) < 4.78 is 16.6. The number of ketones is 2. The van der Waals surface area contributed by atoms with Crippen molar-refractivity contribution in [2.24, 2.45) is 0 Å². The molecule has 1 amide bonds. The minimum atomic E-state index is -0.812. The zero-order valence-electron chi connectivity index (χ0n) is 20.5. The predicted molar refractivity (Wildman–Crippen MR) is 132 cm³/mol. The number of rotatable bonds is 1. The fourth-order valence-electron chi connectivity index (χ4n) is 6.28. The third kappa shape index (κ3) is 2.70. The molecule has 1 fully saturated rings. The summed E-state index contributed by atoms with van der Waals surface area (Å²) in [6, 6.07) is 4.19. The zero-order valence-corrected chi connectivity index (χ0v) is 20.5. The number of aryl methyl sites for hydroxylation is 1. The fourth-order valence-corrected chi connectivity index (χ4v) is 6.28. The van der Waals surface area contributed by atoms with Gasteiger partial charge >= 0.3 is 0 Å². The number of phenols is 2. The summed E-state index contributed by atoms with van der Waals surface area (Å²) >= 11 is 0. The third-order valence-corrected chi connectivity index (χ3v) is 8.06. The monoisotopic (exact) mass is 515 g/mol. The van der Waals surface area contributed by atoms with Crippen LogP contribution in [0.5, 0.6) is 17.2 Å². The Labute approximate surface area is 214 Å². The van der Waals surface area contributed by atoms with Crippen LogP contribution in [-0.4, -0.2) is 58.6 Å². The molecule has 0 radical (unpaired) electrons. The Balaban J connectivity index is 1.45. The first-order valence-electron chi connectivity index (χ1n) is 12.2. The first-order chi connectivity index (χ1) is 18.1. The van der Waals surface area contributed by atoms with Gasteiger partial charge in [-0.1, -0.05) is 6.07 Å². The first-order valence-corrected chi connectivity index (χ1v) is 12.2. The van der Waals surface area contributed by atoms with Crippen LogP contribution in [0.4, 0.5) is 0 Å². The van der Waals surface area contributed by atoms with Crippen LogP contribution in [0.15, 0.2) is 33.0 Å². The maximum absolute atomic E-state index is 13.9. The summed E-state index contributed by atoms with van der Waals surface area (Å²) in [7, 11) is 1.33. The average Bonchev–Trinajstić information content (AvgIpc) is 3.28. The molecule has 3 heterocycles. The largest absolute Gasteiger partial charge is 0.506 e. The summed E-state index contributed by atoms with van der Waals surface area (Å²) in [4.78, 5) is 55.9. The topological polar surface area (TPSA) is 144 Å². The van der Waals surface area contributed by atoms with E-state index < -0.39 is 34.2 Å². The molecule has 2 aliphatic heterocycles. The van der Waals surface area contributed by atoms with Crippen LogP contribution < -0.4 is 10.2 Å². The van der Waals surface area contributed by atoms with Crippen molar-refractivity contribution in [3.8, 4) is 17.2 Å². The van der Waals surface area contributed by atoms with Crippen LogP contribution >= 0.6 is 0 Å². The number of nitrogens with zero attached hydrogens (tertiary/aromatic N) is 1. The standard InChI is InChI=1S/C28H21NO9/c1-28-10-12-7-11-3-4-13-20(18(11)24(33)19(12)27(35)29(28)5-6-37-28)25(34)21-22(31)14-8-15(30)17(36-2)9-16(14)38-26(21)23(13)32/h7-9,30,33H,3-6,10H2,1-2H3. The Hall–Kier alpha value is -4.44. The number of carbonyl (C=O) groups excluding carboxylic acids is 3. The number of aromatic hydroxyl groups is 2. The van der Waals surface area contributed by atoms with E-state index in [4.69, 9.17) is 13.9 Å². The number of ether oxygens (including phenoxy) is 2. The number of hydrogen-bond acceptors (Lipinski definition) is 9. The lowest BCUT2D eigenvalue weighted by atomic mass is 9.74. The van der Waals surface area contributed by atoms with Gasteiger partial charge in [-0.15, -0.1) is 0 Å². The molecule has 2 N–H and O–H groups in total. The van der Waals surface area contributed by atoms with Gasteiger partial charge in [-0.2, -0.15) is 0 Å². The van der Waals surface area contributed by atoms with E-state index in [0.29, 0.717) is 37.1 Å². The normalized spacial score (nSPS) is 21.7. The van der Waals surface area contributed by atoms with E-state index in [1.54, 1.807) is 11.0 Å². The highest BCUT2D eigenvalue weighted by Crippen LogP contribution is 2.48. The Bertz CT molecular complexity index is 1780. The molecule has 2 aromatic carbocycles. The SMILES string of the molecule is COc1cc2oc3c(c(=O)c2cc1O)C(=O)C1=C(CCc2cc4c(c(O)c21)C(=O)N1CCOC1(C)C4)C3=O. The molecule has 0 spiro atoms. The van der Waals surface area contributed by atoms with E-state index in [-0.39, 0.29) is 62.7 Å². The molecular weight excluding hydrogens is 494 g/mol. The number of hydrogen-bond donors (Lipinski definition) is 2. The quantitative estimate of drug-likeness (QED) is 0.500. The zero-order chi connectivity index (χ0) is 26.7. The molecule has 1 saturated heterocycles.